The van der Waals surface area contributed by atoms with Crippen LogP contribution in [0.15, 0.2) is 66.6 Å². The normalized spacial score (nSPS) is 11.1. The van der Waals surface area contributed by atoms with Crippen molar-refractivity contribution in [2.45, 2.75) is 53.4 Å². The summed E-state index contributed by atoms with van der Waals surface area (Å²) in [6.45, 7) is 11.7. The molecule has 0 aliphatic carbocycles. The molecule has 4 nitrogen and oxygen atoms in total. The number of aliphatic hydroxyl groups excluding tert-OH is 1. The predicted molar refractivity (Wildman–Crippen MR) is 143 cm³/mol. The van der Waals surface area contributed by atoms with Crippen LogP contribution >= 0.6 is 0 Å². The van der Waals surface area contributed by atoms with E-state index in [-0.39, 0.29) is 31.6 Å². The van der Waals surface area contributed by atoms with Gasteiger partial charge in [0.05, 0.1) is 17.4 Å². The molecule has 0 unspecified atom stereocenters. The van der Waals surface area contributed by atoms with Gasteiger partial charge in [-0.1, -0.05) is 45.9 Å². The van der Waals surface area contributed by atoms with Gasteiger partial charge in [-0.3, -0.25) is 4.79 Å². The number of pyridine rings is 1. The number of carbonyl (C=O) groups is 1. The zero-order valence-corrected chi connectivity index (χ0v) is 23.9. The molecule has 1 N–H and O–H groups in total. The van der Waals surface area contributed by atoms with Gasteiger partial charge in [-0.2, -0.15) is 5.26 Å². The number of nitriles is 1. The maximum absolute atomic E-state index is 10.0. The van der Waals surface area contributed by atoms with E-state index in [0.717, 1.165) is 32.8 Å². The molecule has 0 atom stereocenters. The third kappa shape index (κ3) is 6.88. The Morgan fingerprint density at radius 1 is 0.972 bits per heavy atom. The summed E-state index contributed by atoms with van der Waals surface area (Å²) in [6, 6.07) is 22.4. The van der Waals surface area contributed by atoms with Gasteiger partial charge in [0.1, 0.15) is 0 Å². The average Bonchev–Trinajstić information content (AvgIpc) is 2.82. The second-order valence-electron chi connectivity index (χ2n) is 9.36. The number of aromatic nitrogens is 1. The molecule has 1 aromatic heterocycles. The van der Waals surface area contributed by atoms with Crippen LogP contribution in [0, 0.1) is 17.4 Å². The van der Waals surface area contributed by atoms with Crippen molar-refractivity contribution in [2.75, 3.05) is 0 Å². The molecule has 0 fully saturated rings. The van der Waals surface area contributed by atoms with Crippen molar-refractivity contribution in [2.24, 2.45) is 0 Å². The summed E-state index contributed by atoms with van der Waals surface area (Å²) in [5.74, 6) is 0.802. The summed E-state index contributed by atoms with van der Waals surface area (Å²) in [7, 11) is 0. The number of hydrogen-bond acceptors (Lipinski definition) is 4. The molecule has 1 heterocycles. The minimum Gasteiger partial charge on any atom is -0.512 e. The minimum atomic E-state index is -0.125. The van der Waals surface area contributed by atoms with E-state index in [4.69, 9.17) is 10.1 Å². The van der Waals surface area contributed by atoms with E-state index >= 15 is 0 Å². The molecule has 0 aliphatic heterocycles. The number of fused-ring (bicyclic) bond motifs is 3. The van der Waals surface area contributed by atoms with E-state index in [1.165, 1.54) is 31.1 Å². The van der Waals surface area contributed by atoms with Crippen LogP contribution in [0.1, 0.15) is 70.1 Å². The molecule has 0 saturated heterocycles. The summed E-state index contributed by atoms with van der Waals surface area (Å²) in [5, 5.41) is 22.0. The quantitative estimate of drug-likeness (QED) is 0.105. The van der Waals surface area contributed by atoms with Gasteiger partial charge in [-0.15, -0.1) is 34.9 Å². The van der Waals surface area contributed by atoms with E-state index < -0.39 is 0 Å². The van der Waals surface area contributed by atoms with Crippen molar-refractivity contribution in [1.82, 2.24) is 4.98 Å². The van der Waals surface area contributed by atoms with Gasteiger partial charge in [0.2, 0.25) is 0 Å². The molecule has 4 rings (SSSR count). The van der Waals surface area contributed by atoms with Gasteiger partial charge in [0.25, 0.3) is 0 Å². The fraction of sp³-hybridized carbons (Fsp3) is 0.258. The maximum Gasteiger partial charge on any atom is 0.155 e. The molecule has 3 aromatic carbocycles. The maximum atomic E-state index is 10.0. The third-order valence-corrected chi connectivity index (χ3v) is 5.76. The summed E-state index contributed by atoms with van der Waals surface area (Å²) < 4.78 is 0. The molecule has 4 aromatic rings. The van der Waals surface area contributed by atoms with Crippen molar-refractivity contribution >= 4 is 27.3 Å². The number of hydrogen-bond donors (Lipinski definition) is 1. The summed E-state index contributed by atoms with van der Waals surface area (Å²) in [4.78, 5) is 14.8. The number of aliphatic hydroxyl groups is 1. The van der Waals surface area contributed by atoms with Gasteiger partial charge in [0, 0.05) is 32.4 Å². The average molecular weight is 656 g/mol. The Balaban J connectivity index is 0.000000503. The van der Waals surface area contributed by atoms with Crippen LogP contribution in [-0.2, 0) is 24.9 Å². The SMILES string of the molecule is CC(=O)/C=C(/C)O.CC(C)c1[c-]c(-c2nccc3c2ccc2cc(C#N)ccc23)cc(C(C)C)c1.[Ir]. The number of rotatable bonds is 4. The van der Waals surface area contributed by atoms with Crippen LogP contribution in [0.5, 0.6) is 0 Å². The Kier molecular flexibility index (Phi) is 10.1. The molecule has 0 saturated carbocycles. The van der Waals surface area contributed by atoms with Crippen molar-refractivity contribution in [3.63, 3.8) is 0 Å². The van der Waals surface area contributed by atoms with Crippen LogP contribution in [0.4, 0.5) is 0 Å². The Morgan fingerprint density at radius 2 is 1.67 bits per heavy atom. The second kappa shape index (κ2) is 12.6. The molecule has 0 spiro atoms. The Hall–Kier alpha value is -3.32. The van der Waals surface area contributed by atoms with Crippen LogP contribution in [0.3, 0.4) is 0 Å². The van der Waals surface area contributed by atoms with Crippen LogP contribution in [0.25, 0.3) is 32.8 Å². The molecule has 0 amide bonds. The monoisotopic (exact) mass is 656 g/mol. The zero-order chi connectivity index (χ0) is 25.7. The number of allylic oxidation sites excluding steroid dienone is 2. The molecular weight excluding hydrogens is 625 g/mol. The van der Waals surface area contributed by atoms with Crippen molar-refractivity contribution < 1.29 is 30.0 Å². The first-order chi connectivity index (χ1) is 16.6. The summed E-state index contributed by atoms with van der Waals surface area (Å²) >= 11 is 0. The minimum absolute atomic E-state index is 0. The largest absolute Gasteiger partial charge is 0.512 e. The second-order valence-corrected chi connectivity index (χ2v) is 9.36. The van der Waals surface area contributed by atoms with E-state index in [1.807, 2.05) is 24.4 Å². The third-order valence-electron chi connectivity index (χ3n) is 5.76. The molecule has 0 aliphatic rings. The smallest absolute Gasteiger partial charge is 0.155 e. The topological polar surface area (TPSA) is 74.0 Å². The van der Waals surface area contributed by atoms with Crippen molar-refractivity contribution in [3.05, 3.63) is 89.3 Å². The van der Waals surface area contributed by atoms with Gasteiger partial charge >= 0.3 is 0 Å². The van der Waals surface area contributed by atoms with Crippen LogP contribution in [0.2, 0.25) is 0 Å². The number of nitrogens with zero attached hydrogens (tertiary/aromatic N) is 2. The molecule has 1 radical (unpaired) electrons. The van der Waals surface area contributed by atoms with Gasteiger partial charge in [0.15, 0.2) is 5.78 Å². The Labute approximate surface area is 227 Å². The first-order valence-electron chi connectivity index (χ1n) is 11.8. The fourth-order valence-electron chi connectivity index (χ4n) is 3.96. The standard InChI is InChI=1S/C26H23N2.C5H8O2.Ir/c1-16(2)20-12-21(17(3)4)14-22(13-20)26-25-8-6-19-11-18(15-27)5-7-23(19)24(25)9-10-28-26;1-4(6)3-5(2)7;/h5-13,16-17H,1-4H3;3,6H,1-2H3;/q-1;;/b;4-3-;. The van der Waals surface area contributed by atoms with Gasteiger partial charge in [-0.05, 0) is 71.1 Å². The Bertz CT molecular complexity index is 1430. The molecule has 187 valence electrons. The van der Waals surface area contributed by atoms with Crippen LogP contribution < -0.4 is 0 Å². The Morgan fingerprint density at radius 3 is 2.22 bits per heavy atom. The van der Waals surface area contributed by atoms with Gasteiger partial charge < -0.3 is 10.1 Å². The summed E-state index contributed by atoms with van der Waals surface area (Å²) in [5.41, 5.74) is 5.23. The first-order valence-corrected chi connectivity index (χ1v) is 11.8. The number of ketones is 1. The van der Waals surface area contributed by atoms with E-state index in [9.17, 15) is 10.1 Å². The molecule has 0 bridgehead atoms. The molecule has 5 heteroatoms. The van der Waals surface area contributed by atoms with Crippen molar-refractivity contribution in [1.29, 1.82) is 5.26 Å². The van der Waals surface area contributed by atoms with E-state index in [0.29, 0.717) is 17.4 Å². The first kappa shape index (κ1) is 28.9. The summed E-state index contributed by atoms with van der Waals surface area (Å²) in [6.07, 6.45) is 3.04. The molecular formula is C31H31IrN2O2-. The van der Waals surface area contributed by atoms with E-state index in [1.54, 1.807) is 0 Å². The van der Waals surface area contributed by atoms with Crippen molar-refractivity contribution in [3.8, 4) is 17.3 Å². The number of benzene rings is 3. The van der Waals surface area contributed by atoms with Crippen LogP contribution in [-0.4, -0.2) is 15.9 Å². The fourth-order valence-corrected chi connectivity index (χ4v) is 3.96. The van der Waals surface area contributed by atoms with E-state index in [2.05, 4.69) is 70.2 Å². The van der Waals surface area contributed by atoms with Gasteiger partial charge in [-0.25, -0.2) is 0 Å². The zero-order valence-electron chi connectivity index (χ0n) is 21.5. The number of carbonyl (C=O) groups excluding carboxylic acids is 1. The predicted octanol–water partition coefficient (Wildman–Crippen LogP) is 8.01. The molecule has 36 heavy (non-hydrogen) atoms.